The number of carbonyl (C=O) groups excluding carboxylic acids is 1. The van der Waals surface area contributed by atoms with Gasteiger partial charge >= 0.3 is 6.09 Å². The maximum atomic E-state index is 12.3. The largest absolute Gasteiger partial charge is 0.445 e. The first-order valence-corrected chi connectivity index (χ1v) is 11.2. The number of fused-ring (bicyclic) bond motifs is 1. The van der Waals surface area contributed by atoms with Gasteiger partial charge in [-0.2, -0.15) is 0 Å². The number of hydrogen-bond acceptors (Lipinski definition) is 4. The Morgan fingerprint density at radius 1 is 1.23 bits per heavy atom. The van der Waals surface area contributed by atoms with Crippen LogP contribution in [0.5, 0.6) is 0 Å². The number of carbonyl (C=O) groups is 1. The van der Waals surface area contributed by atoms with Crippen LogP contribution in [-0.2, 0) is 11.3 Å². The zero-order valence-corrected chi connectivity index (χ0v) is 19.0. The van der Waals surface area contributed by atoms with E-state index in [1.54, 1.807) is 4.90 Å². The molecule has 1 fully saturated rings. The summed E-state index contributed by atoms with van der Waals surface area (Å²) < 4.78 is 8.48. The number of aryl methyl sites for hydroxylation is 1. The van der Waals surface area contributed by atoms with E-state index in [0.717, 1.165) is 59.4 Å². The molecule has 0 N–H and O–H groups in total. The van der Waals surface area contributed by atoms with E-state index in [2.05, 4.69) is 25.3 Å². The molecule has 1 aromatic carbocycles. The second-order valence-corrected chi connectivity index (χ2v) is 8.88. The van der Waals surface area contributed by atoms with E-state index >= 15 is 0 Å². The van der Waals surface area contributed by atoms with Gasteiger partial charge < -0.3 is 9.64 Å². The average molecular weight is 471 g/mol. The first-order valence-electron chi connectivity index (χ1n) is 10.4. The Morgan fingerprint density at radius 3 is 2.70 bits per heavy atom. The van der Waals surface area contributed by atoms with Crippen molar-refractivity contribution in [2.45, 2.75) is 45.1 Å². The van der Waals surface area contributed by atoms with Crippen LogP contribution in [0, 0.1) is 12.8 Å². The molecule has 0 atom stereocenters. The highest BCUT2D eigenvalue weighted by molar-refractivity contribution is 9.10. The fourth-order valence-corrected chi connectivity index (χ4v) is 5.01. The number of ether oxygens (including phenoxy) is 1. The maximum absolute atomic E-state index is 12.3. The van der Waals surface area contributed by atoms with Gasteiger partial charge in [0, 0.05) is 31.9 Å². The van der Waals surface area contributed by atoms with Crippen LogP contribution in [0.4, 0.5) is 4.79 Å². The van der Waals surface area contributed by atoms with Crippen molar-refractivity contribution in [2.75, 3.05) is 13.6 Å². The van der Waals surface area contributed by atoms with E-state index in [1.807, 2.05) is 56.7 Å². The molecular weight excluding hydrogens is 444 g/mol. The number of nitrogens with zero attached hydrogens (tertiary/aromatic N) is 4. The molecule has 30 heavy (non-hydrogen) atoms. The molecule has 6 nitrogen and oxygen atoms in total. The SMILES string of the molecule is Cc1nccn2c(C3CCC(CN(C)C(=O)OCc4ccccc4)CC3)nc(Br)c12. The van der Waals surface area contributed by atoms with Crippen LogP contribution >= 0.6 is 15.9 Å². The molecule has 0 aliphatic heterocycles. The van der Waals surface area contributed by atoms with Crippen LogP contribution in [0.3, 0.4) is 0 Å². The third-order valence-electron chi connectivity index (χ3n) is 5.98. The van der Waals surface area contributed by atoms with Gasteiger partial charge in [0.2, 0.25) is 0 Å². The van der Waals surface area contributed by atoms with Gasteiger partial charge in [0.1, 0.15) is 22.6 Å². The lowest BCUT2D eigenvalue weighted by atomic mass is 9.81. The molecule has 3 aromatic rings. The molecule has 158 valence electrons. The van der Waals surface area contributed by atoms with Crippen LogP contribution in [0.15, 0.2) is 47.3 Å². The minimum absolute atomic E-state index is 0.257. The summed E-state index contributed by atoms with van der Waals surface area (Å²) in [6.45, 7) is 3.05. The second kappa shape index (κ2) is 9.16. The van der Waals surface area contributed by atoms with Crippen molar-refractivity contribution in [2.24, 2.45) is 5.92 Å². The van der Waals surface area contributed by atoms with Gasteiger partial charge in [0.25, 0.3) is 0 Å². The zero-order chi connectivity index (χ0) is 21.1. The van der Waals surface area contributed by atoms with Gasteiger partial charge in [-0.3, -0.25) is 9.38 Å². The standard InChI is InChI=1S/C23H27BrN4O2/c1-16-20-21(24)26-22(28(20)13-12-25-16)19-10-8-17(9-11-19)14-27(2)23(29)30-15-18-6-4-3-5-7-18/h3-7,12-13,17,19H,8-11,14-15H2,1-2H3. The number of amides is 1. The Morgan fingerprint density at radius 2 is 1.97 bits per heavy atom. The van der Waals surface area contributed by atoms with E-state index in [1.165, 1.54) is 0 Å². The molecule has 7 heteroatoms. The van der Waals surface area contributed by atoms with Crippen molar-refractivity contribution in [3.63, 3.8) is 0 Å². The first-order chi connectivity index (χ1) is 14.5. The Bertz CT molecular complexity index is 1010. The molecule has 4 rings (SSSR count). The van der Waals surface area contributed by atoms with Crippen molar-refractivity contribution in [1.29, 1.82) is 0 Å². The molecule has 2 aromatic heterocycles. The fourth-order valence-electron chi connectivity index (χ4n) is 4.35. The molecule has 2 heterocycles. The summed E-state index contributed by atoms with van der Waals surface area (Å²) in [6, 6.07) is 9.78. The van der Waals surface area contributed by atoms with Crippen LogP contribution < -0.4 is 0 Å². The molecule has 1 amide bonds. The van der Waals surface area contributed by atoms with E-state index in [4.69, 9.17) is 9.72 Å². The quantitative estimate of drug-likeness (QED) is 0.504. The summed E-state index contributed by atoms with van der Waals surface area (Å²) in [4.78, 5) is 23.2. The van der Waals surface area contributed by atoms with Crippen molar-refractivity contribution < 1.29 is 9.53 Å². The minimum Gasteiger partial charge on any atom is -0.445 e. The fraction of sp³-hybridized carbons (Fsp3) is 0.435. The minimum atomic E-state index is -0.257. The maximum Gasteiger partial charge on any atom is 0.409 e. The normalized spacial score (nSPS) is 19.0. The van der Waals surface area contributed by atoms with Gasteiger partial charge in [-0.25, -0.2) is 9.78 Å². The molecule has 0 bridgehead atoms. The lowest BCUT2D eigenvalue weighted by Gasteiger charge is -2.30. The topological polar surface area (TPSA) is 59.7 Å². The van der Waals surface area contributed by atoms with Crippen molar-refractivity contribution in [3.05, 3.63) is 64.4 Å². The van der Waals surface area contributed by atoms with Gasteiger partial charge in [0.05, 0.1) is 5.69 Å². The highest BCUT2D eigenvalue weighted by Gasteiger charge is 2.28. The predicted molar refractivity (Wildman–Crippen MR) is 119 cm³/mol. The summed E-state index contributed by atoms with van der Waals surface area (Å²) in [5.74, 6) is 2.03. The lowest BCUT2D eigenvalue weighted by molar-refractivity contribution is 0.0959. The Hall–Kier alpha value is -2.41. The summed E-state index contributed by atoms with van der Waals surface area (Å²) >= 11 is 3.60. The average Bonchev–Trinajstić information content (AvgIpc) is 3.11. The summed E-state index contributed by atoms with van der Waals surface area (Å²) in [7, 11) is 1.83. The highest BCUT2D eigenvalue weighted by atomic mass is 79.9. The number of aromatic nitrogens is 3. The lowest BCUT2D eigenvalue weighted by Crippen LogP contribution is -2.33. The van der Waals surface area contributed by atoms with Gasteiger partial charge in [-0.05, 0) is 60.0 Å². The number of hydrogen-bond donors (Lipinski definition) is 0. The van der Waals surface area contributed by atoms with E-state index in [9.17, 15) is 4.79 Å². The van der Waals surface area contributed by atoms with E-state index in [-0.39, 0.29) is 6.09 Å². The monoisotopic (exact) mass is 470 g/mol. The van der Waals surface area contributed by atoms with Crippen molar-refractivity contribution in [3.8, 4) is 0 Å². The first kappa shape index (κ1) is 20.8. The van der Waals surface area contributed by atoms with Gasteiger partial charge in [0.15, 0.2) is 0 Å². The molecule has 0 spiro atoms. The zero-order valence-electron chi connectivity index (χ0n) is 17.4. The Balaban J connectivity index is 1.30. The summed E-state index contributed by atoms with van der Waals surface area (Å²) in [6.07, 6.45) is 7.89. The Kier molecular flexibility index (Phi) is 6.37. The van der Waals surface area contributed by atoms with Crippen molar-refractivity contribution in [1.82, 2.24) is 19.3 Å². The summed E-state index contributed by atoms with van der Waals surface area (Å²) in [5.41, 5.74) is 3.03. The molecule has 1 aliphatic rings. The van der Waals surface area contributed by atoms with Crippen LogP contribution in [0.2, 0.25) is 0 Å². The molecule has 0 radical (unpaired) electrons. The Labute approximate surface area is 185 Å². The number of benzene rings is 1. The molecule has 1 saturated carbocycles. The highest BCUT2D eigenvalue weighted by Crippen LogP contribution is 2.37. The van der Waals surface area contributed by atoms with Crippen LogP contribution in [0.25, 0.3) is 5.52 Å². The van der Waals surface area contributed by atoms with Gasteiger partial charge in [-0.1, -0.05) is 30.3 Å². The third-order valence-corrected chi connectivity index (χ3v) is 6.54. The van der Waals surface area contributed by atoms with E-state index < -0.39 is 0 Å². The molecular formula is C23H27BrN4O2. The number of imidazole rings is 1. The second-order valence-electron chi connectivity index (χ2n) is 8.13. The molecule has 0 unspecified atom stereocenters. The van der Waals surface area contributed by atoms with E-state index in [0.29, 0.717) is 18.4 Å². The van der Waals surface area contributed by atoms with Crippen molar-refractivity contribution >= 4 is 27.5 Å². The molecule has 0 saturated heterocycles. The number of halogens is 1. The van der Waals surface area contributed by atoms with Crippen LogP contribution in [-0.4, -0.2) is 39.0 Å². The van der Waals surface area contributed by atoms with Crippen LogP contribution in [0.1, 0.15) is 48.7 Å². The smallest absolute Gasteiger partial charge is 0.409 e. The summed E-state index contributed by atoms with van der Waals surface area (Å²) in [5, 5.41) is 0. The van der Waals surface area contributed by atoms with Gasteiger partial charge in [-0.15, -0.1) is 0 Å². The predicted octanol–water partition coefficient (Wildman–Crippen LogP) is 5.34. The molecule has 1 aliphatic carbocycles. The number of rotatable bonds is 5. The third kappa shape index (κ3) is 4.51.